The number of methoxy groups -OCH3 is 1. The number of alkyl halides is 3. The van der Waals surface area contributed by atoms with E-state index in [-0.39, 0.29) is 6.54 Å². The molecule has 1 fully saturated rings. The van der Waals surface area contributed by atoms with Gasteiger partial charge in [-0.2, -0.15) is 13.2 Å². The predicted molar refractivity (Wildman–Crippen MR) is 115 cm³/mol. The minimum Gasteiger partial charge on any atom is -0.469 e. The van der Waals surface area contributed by atoms with Crippen molar-refractivity contribution in [3.05, 3.63) is 59.7 Å². The second-order valence-corrected chi connectivity index (χ2v) is 7.61. The van der Waals surface area contributed by atoms with Crippen LogP contribution in [-0.2, 0) is 15.7 Å². The molecule has 3 rings (SSSR count). The fourth-order valence-corrected chi connectivity index (χ4v) is 3.99. The average Bonchev–Trinajstić information content (AvgIpc) is 2.78. The van der Waals surface area contributed by atoms with Gasteiger partial charge in [0.25, 0.3) is 6.71 Å². The van der Waals surface area contributed by atoms with E-state index in [1.165, 1.54) is 24.3 Å². The lowest BCUT2D eigenvalue weighted by Gasteiger charge is -2.43. The minimum absolute atomic E-state index is 0.150. The summed E-state index contributed by atoms with van der Waals surface area (Å²) in [6.45, 7) is 0.0227. The molecule has 1 heterocycles. The molecule has 168 valence electrons. The molecule has 1 aliphatic heterocycles. The predicted octanol–water partition coefficient (Wildman–Crippen LogP) is 3.08. The molecule has 0 amide bonds. The van der Waals surface area contributed by atoms with Crippen LogP contribution in [0.4, 0.5) is 24.5 Å². The highest BCUT2D eigenvalue weighted by Gasteiger charge is 2.42. The van der Waals surface area contributed by atoms with Crippen molar-refractivity contribution >= 4 is 24.1 Å². The lowest BCUT2D eigenvalue weighted by molar-refractivity contribution is -0.141. The van der Waals surface area contributed by atoms with Crippen LogP contribution in [0, 0.1) is 11.2 Å². The Morgan fingerprint density at radius 3 is 2.50 bits per heavy atom. The molecule has 32 heavy (non-hydrogen) atoms. The van der Waals surface area contributed by atoms with Gasteiger partial charge in [0.1, 0.15) is 6.17 Å². The maximum Gasteiger partial charge on any atom is 0.416 e. The molecule has 7 nitrogen and oxygen atoms in total. The third-order valence-corrected chi connectivity index (χ3v) is 5.67. The number of hydrogen-bond acceptors (Lipinski definition) is 7. The van der Waals surface area contributed by atoms with Crippen LogP contribution in [0.1, 0.15) is 17.3 Å². The number of anilines is 2. The number of nitriles is 1. The molecule has 0 radical (unpaired) electrons. The van der Waals surface area contributed by atoms with Crippen LogP contribution in [0.3, 0.4) is 0 Å². The van der Waals surface area contributed by atoms with Crippen LogP contribution in [-0.4, -0.2) is 37.8 Å². The summed E-state index contributed by atoms with van der Waals surface area (Å²) in [7, 11) is 1.25. The van der Waals surface area contributed by atoms with Crippen molar-refractivity contribution in [3.63, 3.8) is 0 Å². The molecule has 2 atom stereocenters. The summed E-state index contributed by atoms with van der Waals surface area (Å²) in [5.74, 6) is 7.37. The van der Waals surface area contributed by atoms with E-state index >= 15 is 0 Å². The van der Waals surface area contributed by atoms with Gasteiger partial charge in [0.2, 0.25) is 0 Å². The largest absolute Gasteiger partial charge is 0.469 e. The molecule has 2 aromatic carbocycles. The molecule has 0 aliphatic carbocycles. The molecule has 4 N–H and O–H groups in total. The van der Waals surface area contributed by atoms with Crippen molar-refractivity contribution in [1.82, 2.24) is 4.90 Å². The molecule has 0 saturated carbocycles. The molecule has 11 heteroatoms. The van der Waals surface area contributed by atoms with Crippen LogP contribution in [0.15, 0.2) is 48.5 Å². The first-order valence-electron chi connectivity index (χ1n) is 9.94. The summed E-state index contributed by atoms with van der Waals surface area (Å²) >= 11 is 0. The molecular formula is C21H23BF3N5O2. The fraction of sp³-hybridized carbons (Fsp3) is 0.333. The number of hydrazine groups is 1. The molecule has 0 spiro atoms. The van der Waals surface area contributed by atoms with Gasteiger partial charge < -0.3 is 10.5 Å². The molecule has 2 aromatic rings. The summed E-state index contributed by atoms with van der Waals surface area (Å²) in [6.07, 6.45) is -4.82. The quantitative estimate of drug-likeness (QED) is 0.239. The van der Waals surface area contributed by atoms with Gasteiger partial charge in [0, 0.05) is 12.5 Å². The van der Waals surface area contributed by atoms with Gasteiger partial charge >= 0.3 is 12.1 Å². The number of carbonyl (C=O) groups excluding carboxylic acids is 1. The number of rotatable bonds is 5. The summed E-state index contributed by atoms with van der Waals surface area (Å²) in [4.78, 5) is 14.2. The zero-order valence-corrected chi connectivity index (χ0v) is 17.4. The maximum absolute atomic E-state index is 13.1. The normalized spacial score (nSPS) is 18.0. The van der Waals surface area contributed by atoms with E-state index in [4.69, 9.17) is 16.3 Å². The minimum atomic E-state index is -4.47. The fourth-order valence-electron chi connectivity index (χ4n) is 3.99. The van der Waals surface area contributed by atoms with Gasteiger partial charge in [-0.1, -0.05) is 24.3 Å². The SMILES string of the molecule is COC(=O)C1CN(C(c2ccc(C(F)(F)F)cc2)N(N)c2ccccc2N)CCB1C#N. The smallest absolute Gasteiger partial charge is 0.416 e. The van der Waals surface area contributed by atoms with E-state index in [9.17, 15) is 23.2 Å². The van der Waals surface area contributed by atoms with E-state index in [0.29, 0.717) is 29.8 Å². The number of hydrogen-bond donors (Lipinski definition) is 2. The number of nitrogens with two attached hydrogens (primary N) is 2. The Kier molecular flexibility index (Phi) is 6.96. The zero-order valence-electron chi connectivity index (χ0n) is 17.4. The first-order chi connectivity index (χ1) is 15.2. The van der Waals surface area contributed by atoms with Crippen molar-refractivity contribution in [3.8, 4) is 5.97 Å². The maximum atomic E-state index is 13.1. The standard InChI is InChI=1S/C21H23BF3N5O2/c1-32-20(31)16-12-29(11-10-22(16)13-26)19(30(28)18-5-3-2-4-17(18)27)14-6-8-15(9-7-14)21(23,24)25/h2-9,16,19H,10-12,27-28H2,1H3. The highest BCUT2D eigenvalue weighted by Crippen LogP contribution is 2.37. The Labute approximate surface area is 184 Å². The Bertz CT molecular complexity index is 996. The Balaban J connectivity index is 2.02. The third-order valence-electron chi connectivity index (χ3n) is 5.67. The van der Waals surface area contributed by atoms with Crippen molar-refractivity contribution in [2.45, 2.75) is 24.5 Å². The van der Waals surface area contributed by atoms with Gasteiger partial charge in [-0.05, 0) is 42.7 Å². The number of nitrogens with zero attached hydrogens (tertiary/aromatic N) is 3. The molecule has 0 aromatic heterocycles. The molecule has 1 aliphatic rings. The summed E-state index contributed by atoms with van der Waals surface area (Å²) in [5, 5.41) is 10.8. The number of carbonyl (C=O) groups is 1. The molecule has 0 bridgehead atoms. The first-order valence-corrected chi connectivity index (χ1v) is 9.94. The van der Waals surface area contributed by atoms with E-state index in [0.717, 1.165) is 12.1 Å². The van der Waals surface area contributed by atoms with E-state index in [2.05, 4.69) is 5.97 Å². The summed E-state index contributed by atoms with van der Waals surface area (Å²) < 4.78 is 44.1. The Hall–Kier alpha value is -3.23. The topological polar surface area (TPSA) is 109 Å². The number of halogens is 3. The lowest BCUT2D eigenvalue weighted by Crippen LogP contribution is -2.52. The van der Waals surface area contributed by atoms with Gasteiger partial charge in [0.15, 0.2) is 0 Å². The van der Waals surface area contributed by atoms with E-state index in [1.807, 2.05) is 4.90 Å². The van der Waals surface area contributed by atoms with Crippen LogP contribution >= 0.6 is 0 Å². The van der Waals surface area contributed by atoms with Crippen molar-refractivity contribution < 1.29 is 22.7 Å². The van der Waals surface area contributed by atoms with Crippen molar-refractivity contribution in [1.29, 1.82) is 5.26 Å². The van der Waals surface area contributed by atoms with Crippen LogP contribution < -0.4 is 16.6 Å². The molecule has 1 saturated heterocycles. The molecule has 2 unspecified atom stereocenters. The second-order valence-electron chi connectivity index (χ2n) is 7.61. The van der Waals surface area contributed by atoms with Crippen LogP contribution in [0.2, 0.25) is 12.1 Å². The van der Waals surface area contributed by atoms with Gasteiger partial charge in [0.05, 0.1) is 29.9 Å². The number of benzene rings is 2. The monoisotopic (exact) mass is 445 g/mol. The Morgan fingerprint density at radius 1 is 1.28 bits per heavy atom. The molecular weight excluding hydrogens is 422 g/mol. The summed E-state index contributed by atoms with van der Waals surface area (Å²) in [5.41, 5.74) is 6.66. The van der Waals surface area contributed by atoms with Gasteiger partial charge in [-0.3, -0.25) is 14.7 Å². The summed E-state index contributed by atoms with van der Waals surface area (Å²) in [6, 6.07) is 11.5. The van der Waals surface area contributed by atoms with E-state index < -0.39 is 36.4 Å². The number of nitrogen functional groups attached to an aromatic ring is 1. The van der Waals surface area contributed by atoms with Crippen LogP contribution in [0.25, 0.3) is 0 Å². The highest BCUT2D eigenvalue weighted by atomic mass is 19.4. The zero-order chi connectivity index (χ0) is 23.5. The van der Waals surface area contributed by atoms with Gasteiger partial charge in [-0.15, -0.1) is 0 Å². The van der Waals surface area contributed by atoms with Crippen LogP contribution in [0.5, 0.6) is 0 Å². The third kappa shape index (κ3) is 4.82. The van der Waals surface area contributed by atoms with Crippen molar-refractivity contribution in [2.24, 2.45) is 5.84 Å². The number of esters is 1. The Morgan fingerprint density at radius 2 is 1.94 bits per heavy atom. The number of para-hydroxylation sites is 2. The average molecular weight is 445 g/mol. The second kappa shape index (κ2) is 9.50. The highest BCUT2D eigenvalue weighted by molar-refractivity contribution is 6.71. The van der Waals surface area contributed by atoms with E-state index in [1.54, 1.807) is 24.3 Å². The number of ether oxygens (including phenoxy) is 1. The first kappa shape index (κ1) is 23.4. The van der Waals surface area contributed by atoms with Crippen molar-refractivity contribution in [2.75, 3.05) is 30.9 Å². The lowest BCUT2D eigenvalue weighted by atomic mass is 9.38. The van der Waals surface area contributed by atoms with Gasteiger partial charge in [-0.25, -0.2) is 11.1 Å².